The highest BCUT2D eigenvalue weighted by Gasteiger charge is 2.18. The Morgan fingerprint density at radius 2 is 1.81 bits per heavy atom. The van der Waals surface area contributed by atoms with Crippen molar-refractivity contribution in [3.8, 4) is 11.5 Å². The summed E-state index contributed by atoms with van der Waals surface area (Å²) in [5.74, 6) is -0.434. The molecule has 0 spiro atoms. The Labute approximate surface area is 179 Å². The van der Waals surface area contributed by atoms with Crippen LogP contribution in [0.1, 0.15) is 39.8 Å². The van der Waals surface area contributed by atoms with Crippen LogP contribution >= 0.6 is 0 Å². The zero-order valence-corrected chi connectivity index (χ0v) is 17.9. The van der Waals surface area contributed by atoms with Crippen LogP contribution in [0.3, 0.4) is 0 Å². The van der Waals surface area contributed by atoms with E-state index in [1.54, 1.807) is 6.92 Å². The van der Waals surface area contributed by atoms with Gasteiger partial charge < -0.3 is 14.8 Å². The predicted octanol–water partition coefficient (Wildman–Crippen LogP) is 5.11. The zero-order chi connectivity index (χ0) is 22.5. The lowest BCUT2D eigenvalue weighted by molar-refractivity contribution is -0.0514. The van der Waals surface area contributed by atoms with Gasteiger partial charge in [0.2, 0.25) is 0 Å². The van der Waals surface area contributed by atoms with Gasteiger partial charge in [0.05, 0.1) is 30.2 Å². The number of carbonyl (C=O) groups is 1. The van der Waals surface area contributed by atoms with Crippen molar-refractivity contribution >= 4 is 11.6 Å². The minimum absolute atomic E-state index is 0.0824. The summed E-state index contributed by atoms with van der Waals surface area (Å²) in [5.41, 5.74) is 4.65. The molecule has 0 saturated carbocycles. The number of hydrogen-bond acceptors (Lipinski definition) is 4. The van der Waals surface area contributed by atoms with Crippen molar-refractivity contribution in [1.82, 2.24) is 9.78 Å². The molecule has 0 aliphatic rings. The molecule has 1 amide bonds. The first-order valence-electron chi connectivity index (χ1n) is 9.91. The molecule has 0 radical (unpaired) electrons. The van der Waals surface area contributed by atoms with E-state index in [0.717, 1.165) is 11.3 Å². The lowest BCUT2D eigenvalue weighted by Crippen LogP contribution is -2.14. The zero-order valence-electron chi connectivity index (χ0n) is 17.9. The van der Waals surface area contributed by atoms with Crippen molar-refractivity contribution in [3.63, 3.8) is 0 Å². The Balaban J connectivity index is 1.80. The fourth-order valence-corrected chi connectivity index (χ4v) is 3.19. The number of anilines is 1. The van der Waals surface area contributed by atoms with E-state index in [1.165, 1.54) is 23.8 Å². The third kappa shape index (κ3) is 5.39. The maximum Gasteiger partial charge on any atom is 0.387 e. The first kappa shape index (κ1) is 22.3. The molecule has 0 aliphatic carbocycles. The second-order valence-corrected chi connectivity index (χ2v) is 7.12. The van der Waals surface area contributed by atoms with Gasteiger partial charge in [0.1, 0.15) is 0 Å². The number of aromatic nitrogens is 2. The highest BCUT2D eigenvalue weighted by Crippen LogP contribution is 2.30. The molecule has 0 saturated heterocycles. The molecule has 0 unspecified atom stereocenters. The number of benzene rings is 2. The minimum atomic E-state index is -2.98. The topological polar surface area (TPSA) is 65.4 Å². The molecule has 3 aromatic rings. The number of carbonyl (C=O) groups excluding carboxylic acids is 1. The first-order chi connectivity index (χ1) is 14.8. The molecule has 0 atom stereocenters. The number of nitrogens with one attached hydrogen (secondary N) is 1. The Morgan fingerprint density at radius 1 is 1.10 bits per heavy atom. The number of nitrogens with zero attached hydrogens (tertiary/aromatic N) is 2. The van der Waals surface area contributed by atoms with E-state index in [4.69, 9.17) is 4.74 Å². The van der Waals surface area contributed by atoms with Crippen LogP contribution in [0, 0.1) is 20.8 Å². The van der Waals surface area contributed by atoms with Gasteiger partial charge in [-0.1, -0.05) is 29.8 Å². The molecule has 6 nitrogen and oxygen atoms in total. The Bertz CT molecular complexity index is 1060. The van der Waals surface area contributed by atoms with Crippen LogP contribution in [0.5, 0.6) is 11.5 Å². The number of amides is 1. The van der Waals surface area contributed by atoms with Crippen LogP contribution in [-0.2, 0) is 6.54 Å². The molecule has 2 aromatic carbocycles. The average molecular weight is 429 g/mol. The SMILES string of the molecule is CCOc1cc(C(=O)Nc2c(C)nn(Cc3ccc(C)cc3)c2C)ccc1OC(F)F. The molecule has 0 bridgehead atoms. The van der Waals surface area contributed by atoms with Crippen LogP contribution in [-0.4, -0.2) is 28.9 Å². The highest BCUT2D eigenvalue weighted by molar-refractivity contribution is 6.05. The Kier molecular flexibility index (Phi) is 6.89. The monoisotopic (exact) mass is 429 g/mol. The number of rotatable bonds is 8. The van der Waals surface area contributed by atoms with E-state index < -0.39 is 12.5 Å². The largest absolute Gasteiger partial charge is 0.490 e. The van der Waals surface area contributed by atoms with Crippen molar-refractivity contribution < 1.29 is 23.0 Å². The van der Waals surface area contributed by atoms with Crippen LogP contribution in [0.4, 0.5) is 14.5 Å². The molecule has 1 heterocycles. The molecular weight excluding hydrogens is 404 g/mol. The molecule has 1 N–H and O–H groups in total. The van der Waals surface area contributed by atoms with Crippen molar-refractivity contribution in [2.45, 2.75) is 40.9 Å². The van der Waals surface area contributed by atoms with Crippen LogP contribution < -0.4 is 14.8 Å². The van der Waals surface area contributed by atoms with Crippen molar-refractivity contribution in [1.29, 1.82) is 0 Å². The van der Waals surface area contributed by atoms with E-state index in [1.807, 2.05) is 49.7 Å². The molecule has 164 valence electrons. The first-order valence-corrected chi connectivity index (χ1v) is 9.91. The number of ether oxygens (including phenoxy) is 2. The molecular formula is C23H25F2N3O3. The summed E-state index contributed by atoms with van der Waals surface area (Å²) in [6.07, 6.45) is 0. The standard InChI is InChI=1S/C23H25F2N3O3/c1-5-30-20-12-18(10-11-19(20)31-23(24)25)22(29)26-21-15(3)27-28(16(21)4)13-17-8-6-14(2)7-9-17/h6-12,23H,5,13H2,1-4H3,(H,26,29). The smallest absolute Gasteiger partial charge is 0.387 e. The van der Waals surface area contributed by atoms with E-state index >= 15 is 0 Å². The summed E-state index contributed by atoms with van der Waals surface area (Å²) in [4.78, 5) is 12.8. The van der Waals surface area contributed by atoms with Gasteiger partial charge in [0.15, 0.2) is 11.5 Å². The molecule has 3 rings (SSSR count). The average Bonchev–Trinajstić information content (AvgIpc) is 2.98. The molecule has 31 heavy (non-hydrogen) atoms. The fourth-order valence-electron chi connectivity index (χ4n) is 3.19. The molecule has 1 aromatic heterocycles. The van der Waals surface area contributed by atoms with Gasteiger partial charge in [-0.05, 0) is 51.5 Å². The number of hydrogen-bond donors (Lipinski definition) is 1. The van der Waals surface area contributed by atoms with Gasteiger partial charge >= 0.3 is 6.61 Å². The van der Waals surface area contributed by atoms with E-state index in [9.17, 15) is 13.6 Å². The Hall–Kier alpha value is -3.42. The summed E-state index contributed by atoms with van der Waals surface area (Å²) in [7, 11) is 0. The molecule has 0 fully saturated rings. The molecule has 0 aliphatic heterocycles. The summed E-state index contributed by atoms with van der Waals surface area (Å²) in [6.45, 7) is 5.29. The Morgan fingerprint density at radius 3 is 2.45 bits per heavy atom. The van der Waals surface area contributed by atoms with Gasteiger partial charge in [0, 0.05) is 5.56 Å². The lowest BCUT2D eigenvalue weighted by atomic mass is 10.1. The van der Waals surface area contributed by atoms with E-state index in [0.29, 0.717) is 17.9 Å². The van der Waals surface area contributed by atoms with Crippen LogP contribution in [0.25, 0.3) is 0 Å². The fraction of sp³-hybridized carbons (Fsp3) is 0.304. The van der Waals surface area contributed by atoms with Crippen LogP contribution in [0.2, 0.25) is 0 Å². The summed E-state index contributed by atoms with van der Waals surface area (Å²) in [6, 6.07) is 12.3. The number of halogens is 2. The normalized spacial score (nSPS) is 10.9. The van der Waals surface area contributed by atoms with Crippen LogP contribution in [0.15, 0.2) is 42.5 Å². The third-order valence-corrected chi connectivity index (χ3v) is 4.79. The van der Waals surface area contributed by atoms with E-state index in [2.05, 4.69) is 15.2 Å². The van der Waals surface area contributed by atoms with Gasteiger partial charge in [-0.3, -0.25) is 9.48 Å². The summed E-state index contributed by atoms with van der Waals surface area (Å²) >= 11 is 0. The maximum absolute atomic E-state index is 12.8. The van der Waals surface area contributed by atoms with E-state index in [-0.39, 0.29) is 23.7 Å². The molecule has 8 heteroatoms. The highest BCUT2D eigenvalue weighted by atomic mass is 19.3. The lowest BCUT2D eigenvalue weighted by Gasteiger charge is -2.13. The van der Waals surface area contributed by atoms with Crippen molar-refractivity contribution in [3.05, 3.63) is 70.5 Å². The summed E-state index contributed by atoms with van der Waals surface area (Å²) < 4.78 is 36.8. The second kappa shape index (κ2) is 9.59. The van der Waals surface area contributed by atoms with Gasteiger partial charge in [0.25, 0.3) is 5.91 Å². The number of aryl methyl sites for hydroxylation is 2. The van der Waals surface area contributed by atoms with Gasteiger partial charge in [-0.2, -0.15) is 13.9 Å². The second-order valence-electron chi connectivity index (χ2n) is 7.12. The predicted molar refractivity (Wildman–Crippen MR) is 114 cm³/mol. The quantitative estimate of drug-likeness (QED) is 0.541. The van der Waals surface area contributed by atoms with Gasteiger partial charge in [-0.15, -0.1) is 0 Å². The maximum atomic E-state index is 12.8. The van der Waals surface area contributed by atoms with Gasteiger partial charge in [-0.25, -0.2) is 0 Å². The third-order valence-electron chi connectivity index (χ3n) is 4.79. The van der Waals surface area contributed by atoms with Crippen molar-refractivity contribution in [2.24, 2.45) is 0 Å². The summed E-state index contributed by atoms with van der Waals surface area (Å²) in [5, 5.41) is 7.42. The number of alkyl halides is 2. The minimum Gasteiger partial charge on any atom is -0.490 e. The van der Waals surface area contributed by atoms with Crippen molar-refractivity contribution in [2.75, 3.05) is 11.9 Å².